The number of hydrogen-bond donors (Lipinski definition) is 1. The number of aliphatic hydroxyl groups is 1. The molecule has 6 aliphatic rings. The molecule has 6 aromatic carbocycles. The van der Waals surface area contributed by atoms with Gasteiger partial charge in [-0.25, -0.2) is 0 Å². The van der Waals surface area contributed by atoms with Gasteiger partial charge in [0.2, 0.25) is 0 Å². The largest absolute Gasteiger partial charge is 0.512 e. The van der Waals surface area contributed by atoms with Gasteiger partial charge in [0.05, 0.1) is 12.0 Å². The zero-order valence-corrected chi connectivity index (χ0v) is 60.3. The number of fused-ring (bicyclic) bond motifs is 2. The van der Waals surface area contributed by atoms with Crippen LogP contribution in [0.5, 0.6) is 0 Å². The van der Waals surface area contributed by atoms with Crippen molar-refractivity contribution in [3.05, 3.63) is 210 Å². The average Bonchev–Trinajstić information content (AvgIpc) is 0.803. The van der Waals surface area contributed by atoms with Crippen molar-refractivity contribution in [2.75, 3.05) is 0 Å². The first-order chi connectivity index (χ1) is 43.1. The molecule has 0 unspecified atom stereocenters. The van der Waals surface area contributed by atoms with E-state index in [1.165, 1.54) is 162 Å². The Kier molecular flexibility index (Phi) is 22.4. The van der Waals surface area contributed by atoms with Crippen molar-refractivity contribution in [2.45, 2.75) is 258 Å². The summed E-state index contributed by atoms with van der Waals surface area (Å²) in [5, 5.41) is 12.0. The van der Waals surface area contributed by atoms with E-state index in [2.05, 4.69) is 204 Å². The Morgan fingerprint density at radius 2 is 0.890 bits per heavy atom. The highest BCUT2D eigenvalue weighted by Crippen LogP contribution is 2.57. The molecule has 0 atom stereocenters. The van der Waals surface area contributed by atoms with Gasteiger partial charge in [0, 0.05) is 30.2 Å². The Bertz CT molecular complexity index is 3650. The molecule has 6 aliphatic carbocycles. The van der Waals surface area contributed by atoms with Crippen LogP contribution < -0.4 is 5.30 Å². The first-order valence-corrected chi connectivity index (χ1v) is 36.8. The first kappa shape index (κ1) is 69.6. The monoisotopic (exact) mass is 1300 g/mol. The van der Waals surface area contributed by atoms with Gasteiger partial charge in [0.1, 0.15) is 17.3 Å². The molecular formula is C85H106BrO4P. The molecule has 0 radical (unpaired) electrons. The van der Waals surface area contributed by atoms with E-state index in [0.29, 0.717) is 31.3 Å². The van der Waals surface area contributed by atoms with Crippen LogP contribution in [0, 0.1) is 34.6 Å². The SMILES string of the molecule is C=C(c1ccc(Br)cc1)c1cc2c(cc1C)C(C)(C)CCC2(C)C.C=C(c1ccc(C2=C(O)CCCC2=O)cc1)c1cc2c(cc1C)C(C)(C)CCC2(C)C.Cc1cc(C)c(-c2ccccc2P(C2CCCCC2)C2CCCCC2)c(C)c1.O=C1CCCC(=O)C1. The molecule has 91 heavy (non-hydrogen) atoms. The van der Waals surface area contributed by atoms with E-state index >= 15 is 0 Å². The minimum absolute atomic E-state index is 0.0331. The van der Waals surface area contributed by atoms with E-state index in [1.54, 1.807) is 10.9 Å². The van der Waals surface area contributed by atoms with E-state index in [1.807, 2.05) is 24.3 Å². The topological polar surface area (TPSA) is 71.4 Å². The van der Waals surface area contributed by atoms with Crippen LogP contribution in [-0.4, -0.2) is 33.8 Å². The van der Waals surface area contributed by atoms with Gasteiger partial charge in [-0.15, -0.1) is 0 Å². The van der Waals surface area contributed by atoms with Gasteiger partial charge in [0.15, 0.2) is 5.78 Å². The third-order valence-electron chi connectivity index (χ3n) is 21.5. The number of Topliss-reactive ketones (excluding diaryl/α,β-unsaturated/α-hetero) is 3. The Morgan fingerprint density at radius 3 is 1.31 bits per heavy atom. The van der Waals surface area contributed by atoms with Gasteiger partial charge in [-0.3, -0.25) is 14.4 Å². The maximum absolute atomic E-state index is 12.3. The zero-order chi connectivity index (χ0) is 65.7. The fraction of sp³-hybridized carbons (Fsp3) is 0.471. The van der Waals surface area contributed by atoms with Crippen molar-refractivity contribution < 1.29 is 19.5 Å². The highest BCUT2D eigenvalue weighted by Gasteiger charge is 2.40. The molecule has 4 nitrogen and oxygen atoms in total. The predicted octanol–water partition coefficient (Wildman–Crippen LogP) is 23.3. The van der Waals surface area contributed by atoms with Crippen LogP contribution in [0.2, 0.25) is 0 Å². The van der Waals surface area contributed by atoms with Crippen molar-refractivity contribution in [1.82, 2.24) is 0 Å². The molecular weight excluding hydrogens is 1200 g/mol. The van der Waals surface area contributed by atoms with Crippen LogP contribution in [-0.2, 0) is 36.0 Å². The molecule has 12 rings (SSSR count). The molecule has 0 bridgehead atoms. The zero-order valence-electron chi connectivity index (χ0n) is 57.8. The summed E-state index contributed by atoms with van der Waals surface area (Å²) in [6.07, 6.45) is 23.6. The molecule has 6 heteroatoms. The van der Waals surface area contributed by atoms with E-state index < -0.39 is 0 Å². The highest BCUT2D eigenvalue weighted by molar-refractivity contribution is 9.10. The lowest BCUT2D eigenvalue weighted by Crippen LogP contribution is -2.34. The number of allylic oxidation sites excluding steroid dienone is 2. The molecule has 0 saturated heterocycles. The summed E-state index contributed by atoms with van der Waals surface area (Å²) >= 11 is 3.51. The van der Waals surface area contributed by atoms with Crippen molar-refractivity contribution in [1.29, 1.82) is 0 Å². The Hall–Kier alpha value is -5.74. The molecule has 3 saturated carbocycles. The Morgan fingerprint density at radius 1 is 0.484 bits per heavy atom. The number of aliphatic hydroxyl groups excluding tert-OH is 1. The molecule has 1 N–H and O–H groups in total. The van der Waals surface area contributed by atoms with Crippen LogP contribution in [0.3, 0.4) is 0 Å². The standard InChI is InChI=1S/C29H34O2.C27H37P.C23H27Br.C6H8O2/c1-18-16-23-24(29(5,6)15-14-28(23,3)4)17-22(18)19(2)20-10-12-21(13-11-20)27-25(30)8-7-9-26(27)31;1-20-18-21(2)27(22(3)19-20)25-16-10-11-17-26(25)28(23-12-6-4-7-13-23)24-14-8-5-9-15-24;1-15-13-20-21(23(5,6)12-11-22(20,3)4)14-19(15)16(2)17-7-9-18(24)10-8-17;7-5-2-1-3-6(8)4-5/h10-13,16-17,30H,2,7-9,14-15H2,1,3-6H3;10-11,16-19,23-24H,4-9,12-15H2,1-3H3;7-10,13-14H,2,11-12H2,1,3-6H3;1-4H2. The van der Waals surface area contributed by atoms with Crippen LogP contribution in [0.1, 0.15) is 268 Å². The smallest absolute Gasteiger partial charge is 0.166 e. The number of ketones is 3. The summed E-state index contributed by atoms with van der Waals surface area (Å²) in [5.41, 5.74) is 26.7. The molecule has 3 fully saturated rings. The maximum Gasteiger partial charge on any atom is 0.166 e. The molecule has 6 aromatic rings. The summed E-state index contributed by atoms with van der Waals surface area (Å²) in [4.78, 5) is 33.2. The normalized spacial score (nSPS) is 19.4. The maximum atomic E-state index is 12.3. The van der Waals surface area contributed by atoms with Gasteiger partial charge in [-0.2, -0.15) is 0 Å². The number of aryl methyl sites for hydroxylation is 5. The average molecular weight is 1300 g/mol. The lowest BCUT2D eigenvalue weighted by molar-refractivity contribution is -0.129. The van der Waals surface area contributed by atoms with Crippen molar-refractivity contribution >= 4 is 63.2 Å². The summed E-state index contributed by atoms with van der Waals surface area (Å²) < 4.78 is 1.10. The second-order valence-corrected chi connectivity index (χ2v) is 34.2. The van der Waals surface area contributed by atoms with E-state index in [-0.39, 0.29) is 59.1 Å². The number of benzene rings is 6. The van der Waals surface area contributed by atoms with Crippen LogP contribution >= 0.6 is 23.9 Å². The van der Waals surface area contributed by atoms with Gasteiger partial charge >= 0.3 is 0 Å². The van der Waals surface area contributed by atoms with Crippen LogP contribution in [0.25, 0.3) is 27.8 Å². The third kappa shape index (κ3) is 16.3. The van der Waals surface area contributed by atoms with Gasteiger partial charge < -0.3 is 5.11 Å². The number of carbonyl (C=O) groups excluding carboxylic acids is 3. The number of carbonyl (C=O) groups is 3. The molecule has 0 amide bonds. The van der Waals surface area contributed by atoms with Crippen molar-refractivity contribution in [3.8, 4) is 11.1 Å². The summed E-state index contributed by atoms with van der Waals surface area (Å²) in [6, 6.07) is 40.2. The summed E-state index contributed by atoms with van der Waals surface area (Å²) in [5.74, 6) is 0.478. The minimum Gasteiger partial charge on any atom is -0.512 e. The third-order valence-corrected chi connectivity index (χ3v) is 25.6. The van der Waals surface area contributed by atoms with Gasteiger partial charge in [0.25, 0.3) is 0 Å². The Labute approximate surface area is 558 Å². The first-order valence-electron chi connectivity index (χ1n) is 34.6. The lowest BCUT2D eigenvalue weighted by atomic mass is 9.62. The fourth-order valence-electron chi connectivity index (χ4n) is 15.9. The quantitative estimate of drug-likeness (QED) is 0.116. The molecule has 0 aromatic heterocycles. The highest BCUT2D eigenvalue weighted by atomic mass is 79.9. The second kappa shape index (κ2) is 29.3. The minimum atomic E-state index is -0.0689. The second-order valence-electron chi connectivity index (χ2n) is 30.5. The van der Waals surface area contributed by atoms with E-state index in [0.717, 1.165) is 50.9 Å². The van der Waals surface area contributed by atoms with Crippen molar-refractivity contribution in [3.63, 3.8) is 0 Å². The molecule has 0 spiro atoms. The molecule has 0 heterocycles. The van der Waals surface area contributed by atoms with Crippen LogP contribution in [0.15, 0.2) is 133 Å². The molecule has 0 aliphatic heterocycles. The predicted molar refractivity (Wildman–Crippen MR) is 393 cm³/mol. The fourth-order valence-corrected chi connectivity index (χ4v) is 20.1. The van der Waals surface area contributed by atoms with E-state index in [9.17, 15) is 19.5 Å². The Balaban J connectivity index is 0.000000153. The van der Waals surface area contributed by atoms with Crippen LogP contribution in [0.4, 0.5) is 0 Å². The molecule has 482 valence electrons. The summed E-state index contributed by atoms with van der Waals surface area (Å²) in [6.45, 7) is 39.0. The lowest BCUT2D eigenvalue weighted by Gasteiger charge is -2.42. The number of halogens is 1. The summed E-state index contributed by atoms with van der Waals surface area (Å²) in [7, 11) is -0.0689. The number of hydrogen-bond acceptors (Lipinski definition) is 4. The van der Waals surface area contributed by atoms with Gasteiger partial charge in [-0.05, 0) is 244 Å². The van der Waals surface area contributed by atoms with Crippen molar-refractivity contribution in [2.24, 2.45) is 0 Å². The number of rotatable bonds is 9. The van der Waals surface area contributed by atoms with E-state index in [4.69, 9.17) is 0 Å². The van der Waals surface area contributed by atoms with Gasteiger partial charge in [-0.1, -0.05) is 234 Å².